The van der Waals surface area contributed by atoms with Gasteiger partial charge < -0.3 is 10.2 Å². The molecule has 0 aliphatic carbocycles. The normalized spacial score (nSPS) is 12.7. The molecule has 1 atom stereocenters. The molecule has 0 saturated carbocycles. The molecule has 2 aromatic rings. The molecule has 7 heteroatoms. The molecule has 1 unspecified atom stereocenters. The second-order valence-electron chi connectivity index (χ2n) is 3.93. The Hall–Kier alpha value is -1.89. The van der Waals surface area contributed by atoms with E-state index in [0.29, 0.717) is 5.56 Å². The van der Waals surface area contributed by atoms with Gasteiger partial charge in [0, 0.05) is 11.6 Å². The molecule has 0 radical (unpaired) electrons. The van der Waals surface area contributed by atoms with E-state index in [9.17, 15) is 22.0 Å². The van der Waals surface area contributed by atoms with Crippen LogP contribution in [-0.2, 0) is 6.42 Å². The average molecular weight is 277 g/mol. The second kappa shape index (κ2) is 5.00. The van der Waals surface area contributed by atoms with Crippen LogP contribution >= 0.6 is 0 Å². The fourth-order valence-corrected chi connectivity index (χ4v) is 1.71. The van der Waals surface area contributed by atoms with Crippen molar-refractivity contribution in [2.75, 3.05) is 0 Å². The van der Waals surface area contributed by atoms with E-state index in [-0.39, 0.29) is 6.42 Å². The third-order valence-electron chi connectivity index (χ3n) is 2.65. The summed E-state index contributed by atoms with van der Waals surface area (Å²) >= 11 is 0. The second-order valence-corrected chi connectivity index (χ2v) is 3.93. The van der Waals surface area contributed by atoms with E-state index < -0.39 is 40.7 Å². The molecular formula is C12H8F5NO. The van der Waals surface area contributed by atoms with Crippen molar-refractivity contribution in [1.29, 1.82) is 0 Å². The SMILES string of the molecule is NC(Cc1ccoc1)c1c(F)c(F)c(F)c(F)c1F. The number of furan rings is 1. The zero-order chi connectivity index (χ0) is 14.2. The number of nitrogens with two attached hydrogens (primary N) is 1. The summed E-state index contributed by atoms with van der Waals surface area (Å²) in [6, 6.07) is 0.105. The van der Waals surface area contributed by atoms with Gasteiger partial charge in [-0.15, -0.1) is 0 Å². The van der Waals surface area contributed by atoms with E-state index in [4.69, 9.17) is 10.2 Å². The topological polar surface area (TPSA) is 39.2 Å². The fourth-order valence-electron chi connectivity index (χ4n) is 1.71. The Bertz CT molecular complexity index is 568. The minimum absolute atomic E-state index is 0.116. The van der Waals surface area contributed by atoms with Crippen molar-refractivity contribution in [2.45, 2.75) is 12.5 Å². The highest BCUT2D eigenvalue weighted by Crippen LogP contribution is 2.28. The minimum Gasteiger partial charge on any atom is -0.472 e. The van der Waals surface area contributed by atoms with E-state index in [1.165, 1.54) is 18.6 Å². The van der Waals surface area contributed by atoms with E-state index in [1.807, 2.05) is 0 Å². The summed E-state index contributed by atoms with van der Waals surface area (Å²) in [4.78, 5) is 0. The number of hydrogen-bond donors (Lipinski definition) is 1. The van der Waals surface area contributed by atoms with Gasteiger partial charge in [-0.1, -0.05) is 0 Å². The minimum atomic E-state index is -2.20. The molecule has 0 aliphatic heterocycles. The lowest BCUT2D eigenvalue weighted by atomic mass is 9.99. The molecule has 0 bridgehead atoms. The molecule has 0 aliphatic rings. The summed E-state index contributed by atoms with van der Waals surface area (Å²) in [7, 11) is 0. The predicted octanol–water partition coefficient (Wildman–Crippen LogP) is 3.22. The zero-order valence-electron chi connectivity index (χ0n) is 9.39. The first-order valence-electron chi connectivity index (χ1n) is 5.21. The molecule has 2 N–H and O–H groups in total. The smallest absolute Gasteiger partial charge is 0.200 e. The molecule has 2 rings (SSSR count). The van der Waals surface area contributed by atoms with Crippen LogP contribution in [0.2, 0.25) is 0 Å². The van der Waals surface area contributed by atoms with Crippen molar-refractivity contribution >= 4 is 0 Å². The molecule has 1 aromatic heterocycles. The van der Waals surface area contributed by atoms with Crippen molar-refractivity contribution in [1.82, 2.24) is 0 Å². The summed E-state index contributed by atoms with van der Waals surface area (Å²) in [6.07, 6.45) is 2.46. The van der Waals surface area contributed by atoms with E-state index in [2.05, 4.69) is 0 Å². The highest BCUT2D eigenvalue weighted by Gasteiger charge is 2.28. The Morgan fingerprint density at radius 1 is 0.947 bits per heavy atom. The van der Waals surface area contributed by atoms with Gasteiger partial charge in [-0.25, -0.2) is 22.0 Å². The Labute approximate surface area is 104 Å². The highest BCUT2D eigenvalue weighted by molar-refractivity contribution is 5.28. The fraction of sp³-hybridized carbons (Fsp3) is 0.167. The van der Waals surface area contributed by atoms with Crippen LogP contribution in [0.4, 0.5) is 22.0 Å². The summed E-state index contributed by atoms with van der Waals surface area (Å²) < 4.78 is 70.5. The first kappa shape index (κ1) is 13.5. The van der Waals surface area contributed by atoms with E-state index in [0.717, 1.165) is 0 Å². The maximum Gasteiger partial charge on any atom is 0.200 e. The van der Waals surface area contributed by atoms with Gasteiger partial charge in [0.25, 0.3) is 0 Å². The van der Waals surface area contributed by atoms with Crippen LogP contribution in [0.5, 0.6) is 0 Å². The molecule has 0 fully saturated rings. The molecule has 2 nitrogen and oxygen atoms in total. The van der Waals surface area contributed by atoms with Gasteiger partial charge in [-0.3, -0.25) is 0 Å². The molecule has 19 heavy (non-hydrogen) atoms. The molecule has 0 saturated heterocycles. The molecule has 102 valence electrons. The van der Waals surface area contributed by atoms with Gasteiger partial charge in [0.2, 0.25) is 5.82 Å². The van der Waals surface area contributed by atoms with Gasteiger partial charge in [-0.2, -0.15) is 0 Å². The number of benzene rings is 1. The Morgan fingerprint density at radius 3 is 1.95 bits per heavy atom. The van der Waals surface area contributed by atoms with Crippen molar-refractivity contribution in [2.24, 2.45) is 5.73 Å². The third kappa shape index (κ3) is 2.33. The highest BCUT2D eigenvalue weighted by atomic mass is 19.2. The van der Waals surface area contributed by atoms with Crippen LogP contribution in [0.25, 0.3) is 0 Å². The number of hydrogen-bond acceptors (Lipinski definition) is 2. The molecular weight excluding hydrogens is 269 g/mol. The van der Waals surface area contributed by atoms with Gasteiger partial charge in [0.15, 0.2) is 23.3 Å². The quantitative estimate of drug-likeness (QED) is 0.531. The van der Waals surface area contributed by atoms with Gasteiger partial charge in [0.05, 0.1) is 12.5 Å². The van der Waals surface area contributed by atoms with Crippen LogP contribution in [0.3, 0.4) is 0 Å². The Kier molecular flexibility index (Phi) is 3.57. The number of rotatable bonds is 3. The van der Waals surface area contributed by atoms with Gasteiger partial charge in [-0.05, 0) is 18.1 Å². The van der Waals surface area contributed by atoms with Crippen LogP contribution in [0, 0.1) is 29.1 Å². The van der Waals surface area contributed by atoms with Crippen LogP contribution in [-0.4, -0.2) is 0 Å². The first-order chi connectivity index (χ1) is 8.93. The summed E-state index contributed by atoms with van der Waals surface area (Å²) in [5.74, 6) is -10.0. The number of halogens is 5. The molecule has 0 amide bonds. The maximum absolute atomic E-state index is 13.5. The van der Waals surface area contributed by atoms with Crippen molar-refractivity contribution in [3.63, 3.8) is 0 Å². The lowest BCUT2D eigenvalue weighted by Gasteiger charge is -2.14. The van der Waals surface area contributed by atoms with E-state index in [1.54, 1.807) is 0 Å². The largest absolute Gasteiger partial charge is 0.472 e. The van der Waals surface area contributed by atoms with Gasteiger partial charge in [0.1, 0.15) is 0 Å². The van der Waals surface area contributed by atoms with Crippen LogP contribution < -0.4 is 5.73 Å². The molecule has 0 spiro atoms. The third-order valence-corrected chi connectivity index (χ3v) is 2.65. The van der Waals surface area contributed by atoms with Crippen molar-refractivity contribution in [3.8, 4) is 0 Å². The molecule has 1 heterocycles. The monoisotopic (exact) mass is 277 g/mol. The average Bonchev–Trinajstić information content (AvgIpc) is 2.87. The zero-order valence-corrected chi connectivity index (χ0v) is 9.39. The predicted molar refractivity (Wildman–Crippen MR) is 55.6 cm³/mol. The summed E-state index contributed by atoms with van der Waals surface area (Å²) in [5, 5.41) is 0. The summed E-state index contributed by atoms with van der Waals surface area (Å²) in [5.41, 5.74) is 4.95. The van der Waals surface area contributed by atoms with Gasteiger partial charge >= 0.3 is 0 Å². The Balaban J connectivity index is 2.44. The lowest BCUT2D eigenvalue weighted by molar-refractivity contribution is 0.363. The maximum atomic E-state index is 13.5. The summed E-state index contributed by atoms with van der Waals surface area (Å²) in [6.45, 7) is 0. The standard InChI is InChI=1S/C12H8F5NO/c13-8-7(6(18)3-5-1-2-19-4-5)9(14)11(16)12(17)10(8)15/h1-2,4,6H,3,18H2. The van der Waals surface area contributed by atoms with Crippen molar-refractivity contribution in [3.05, 3.63) is 58.8 Å². The Morgan fingerprint density at radius 2 is 1.47 bits per heavy atom. The van der Waals surface area contributed by atoms with Crippen LogP contribution in [0.1, 0.15) is 17.2 Å². The first-order valence-corrected chi connectivity index (χ1v) is 5.21. The van der Waals surface area contributed by atoms with Crippen LogP contribution in [0.15, 0.2) is 23.0 Å². The van der Waals surface area contributed by atoms with E-state index >= 15 is 0 Å². The van der Waals surface area contributed by atoms with Crippen molar-refractivity contribution < 1.29 is 26.4 Å². The lowest BCUT2D eigenvalue weighted by Crippen LogP contribution is -2.19. The molecule has 1 aromatic carbocycles.